The molecule has 0 radical (unpaired) electrons. The van der Waals surface area contributed by atoms with Crippen LogP contribution in [-0.2, 0) is 27.4 Å². The number of carbonyl (C=O) groups is 1. The van der Waals surface area contributed by atoms with Crippen LogP contribution >= 0.6 is 11.6 Å². The second kappa shape index (κ2) is 9.73. The van der Waals surface area contributed by atoms with Gasteiger partial charge in [0.05, 0.1) is 20.1 Å². The number of nitrogens with two attached hydrogens (primary N) is 1. The van der Waals surface area contributed by atoms with E-state index in [1.54, 1.807) is 7.11 Å². The summed E-state index contributed by atoms with van der Waals surface area (Å²) in [7, 11) is 3.05. The van der Waals surface area contributed by atoms with Crippen molar-refractivity contribution in [3.05, 3.63) is 34.3 Å². The molecule has 0 fully saturated rings. The first-order chi connectivity index (χ1) is 10.1. The Balaban J connectivity index is 2.68. The van der Waals surface area contributed by atoms with Crippen LogP contribution in [-0.4, -0.2) is 44.8 Å². The fraction of sp³-hybridized carbons (Fsp3) is 0.533. The zero-order chi connectivity index (χ0) is 15.7. The molecule has 1 aromatic rings. The first-order valence-corrected chi connectivity index (χ1v) is 7.24. The van der Waals surface area contributed by atoms with E-state index in [9.17, 15) is 4.79 Å². The Morgan fingerprint density at radius 1 is 1.33 bits per heavy atom. The molecule has 0 amide bonds. The van der Waals surface area contributed by atoms with Crippen LogP contribution in [0.2, 0.25) is 5.02 Å². The Morgan fingerprint density at radius 2 is 2.10 bits per heavy atom. The molecule has 0 spiro atoms. The van der Waals surface area contributed by atoms with Gasteiger partial charge in [-0.2, -0.15) is 0 Å². The van der Waals surface area contributed by atoms with Gasteiger partial charge in [0, 0.05) is 38.3 Å². The van der Waals surface area contributed by atoms with Crippen molar-refractivity contribution >= 4 is 17.6 Å². The van der Waals surface area contributed by atoms with Crippen molar-refractivity contribution in [2.45, 2.75) is 19.5 Å². The second-order valence-electron chi connectivity index (χ2n) is 4.72. The van der Waals surface area contributed by atoms with Gasteiger partial charge in [-0.25, -0.2) is 0 Å². The number of carbonyl (C=O) groups excluding carboxylic acids is 1. The van der Waals surface area contributed by atoms with E-state index in [1.807, 2.05) is 18.2 Å². The summed E-state index contributed by atoms with van der Waals surface area (Å²) < 4.78 is 9.78. The van der Waals surface area contributed by atoms with Gasteiger partial charge in [-0.3, -0.25) is 9.69 Å². The van der Waals surface area contributed by atoms with Gasteiger partial charge in [-0.15, -0.1) is 0 Å². The molecule has 0 heterocycles. The molecular weight excluding hydrogens is 292 g/mol. The summed E-state index contributed by atoms with van der Waals surface area (Å²) >= 11 is 6.27. The van der Waals surface area contributed by atoms with E-state index in [2.05, 4.69) is 9.64 Å². The summed E-state index contributed by atoms with van der Waals surface area (Å²) in [5, 5.41) is 0.693. The molecule has 2 N–H and O–H groups in total. The Kier molecular flexibility index (Phi) is 8.30. The number of ether oxygens (including phenoxy) is 2. The molecule has 6 heteroatoms. The zero-order valence-corrected chi connectivity index (χ0v) is 13.4. The topological polar surface area (TPSA) is 64.8 Å². The maximum absolute atomic E-state index is 11.3. The van der Waals surface area contributed by atoms with Gasteiger partial charge in [0.1, 0.15) is 0 Å². The number of hydrogen-bond donors (Lipinski definition) is 1. The maximum Gasteiger partial charge on any atom is 0.306 e. The lowest BCUT2D eigenvalue weighted by Crippen LogP contribution is -2.29. The van der Waals surface area contributed by atoms with Crippen LogP contribution < -0.4 is 5.73 Å². The van der Waals surface area contributed by atoms with Gasteiger partial charge in [0.2, 0.25) is 0 Å². The minimum atomic E-state index is -0.220. The van der Waals surface area contributed by atoms with Crippen molar-refractivity contribution in [3.8, 4) is 0 Å². The predicted molar refractivity (Wildman–Crippen MR) is 83.1 cm³/mol. The van der Waals surface area contributed by atoms with Gasteiger partial charge in [0.25, 0.3) is 0 Å². The molecule has 0 aromatic heterocycles. The standard InChI is InChI=1S/C15H23ClN2O3/c1-20-8-7-18(6-5-15(19)21-2)11-13-4-3-12(10-17)9-14(13)16/h3-4,9H,5-8,10-11,17H2,1-2H3. The number of rotatable bonds is 9. The number of nitrogens with zero attached hydrogens (tertiary/aromatic N) is 1. The molecule has 118 valence electrons. The van der Waals surface area contributed by atoms with E-state index in [4.69, 9.17) is 22.1 Å². The lowest BCUT2D eigenvalue weighted by molar-refractivity contribution is -0.141. The van der Waals surface area contributed by atoms with Crippen molar-refractivity contribution < 1.29 is 14.3 Å². The molecule has 0 unspecified atom stereocenters. The highest BCUT2D eigenvalue weighted by atomic mass is 35.5. The van der Waals surface area contributed by atoms with Crippen LogP contribution in [0.25, 0.3) is 0 Å². The lowest BCUT2D eigenvalue weighted by Gasteiger charge is -2.22. The van der Waals surface area contributed by atoms with Gasteiger partial charge in [0.15, 0.2) is 0 Å². The molecule has 0 saturated carbocycles. The van der Waals surface area contributed by atoms with E-state index in [0.29, 0.717) is 37.7 Å². The summed E-state index contributed by atoms with van der Waals surface area (Å²) in [6.07, 6.45) is 0.346. The van der Waals surface area contributed by atoms with Gasteiger partial charge in [-0.05, 0) is 17.2 Å². The third-order valence-electron chi connectivity index (χ3n) is 3.22. The monoisotopic (exact) mass is 314 g/mol. The van der Waals surface area contributed by atoms with Crippen molar-refractivity contribution in [1.82, 2.24) is 4.90 Å². The first kappa shape index (κ1) is 17.9. The van der Waals surface area contributed by atoms with E-state index in [0.717, 1.165) is 17.7 Å². The molecular formula is C15H23ClN2O3. The number of methoxy groups -OCH3 is 2. The molecule has 0 aliphatic carbocycles. The van der Waals surface area contributed by atoms with Crippen molar-refractivity contribution in [2.24, 2.45) is 5.73 Å². The quantitative estimate of drug-likeness (QED) is 0.704. The fourth-order valence-electron chi connectivity index (χ4n) is 1.93. The summed E-state index contributed by atoms with van der Waals surface area (Å²) in [6.45, 7) is 3.05. The molecule has 5 nitrogen and oxygen atoms in total. The van der Waals surface area contributed by atoms with Gasteiger partial charge >= 0.3 is 5.97 Å². The van der Waals surface area contributed by atoms with E-state index < -0.39 is 0 Å². The molecule has 0 atom stereocenters. The SMILES string of the molecule is COCCN(CCC(=O)OC)Cc1ccc(CN)cc1Cl. The first-order valence-electron chi connectivity index (χ1n) is 6.86. The lowest BCUT2D eigenvalue weighted by atomic mass is 10.1. The molecule has 0 saturated heterocycles. The van der Waals surface area contributed by atoms with Crippen LogP contribution in [0.3, 0.4) is 0 Å². The fourth-order valence-corrected chi connectivity index (χ4v) is 2.19. The highest BCUT2D eigenvalue weighted by molar-refractivity contribution is 6.31. The van der Waals surface area contributed by atoms with Crippen molar-refractivity contribution in [2.75, 3.05) is 33.9 Å². The van der Waals surface area contributed by atoms with Crippen LogP contribution in [0.5, 0.6) is 0 Å². The van der Waals surface area contributed by atoms with Gasteiger partial charge < -0.3 is 15.2 Å². The van der Waals surface area contributed by atoms with Crippen LogP contribution in [0, 0.1) is 0 Å². The van der Waals surface area contributed by atoms with Crippen molar-refractivity contribution in [1.29, 1.82) is 0 Å². The second-order valence-corrected chi connectivity index (χ2v) is 5.13. The van der Waals surface area contributed by atoms with E-state index in [1.165, 1.54) is 7.11 Å². The average molecular weight is 315 g/mol. The Bertz CT molecular complexity index is 455. The van der Waals surface area contributed by atoms with Crippen LogP contribution in [0.1, 0.15) is 17.5 Å². The van der Waals surface area contributed by atoms with Crippen LogP contribution in [0.15, 0.2) is 18.2 Å². The number of hydrogen-bond acceptors (Lipinski definition) is 5. The predicted octanol–water partition coefficient (Wildman–Crippen LogP) is 1.81. The third kappa shape index (κ3) is 6.44. The Labute approximate surface area is 131 Å². The van der Waals surface area contributed by atoms with Crippen LogP contribution in [0.4, 0.5) is 0 Å². The molecule has 21 heavy (non-hydrogen) atoms. The van der Waals surface area contributed by atoms with E-state index in [-0.39, 0.29) is 5.97 Å². The highest BCUT2D eigenvalue weighted by Gasteiger charge is 2.11. The van der Waals surface area contributed by atoms with Gasteiger partial charge in [-0.1, -0.05) is 23.7 Å². The number of esters is 1. The minimum absolute atomic E-state index is 0.220. The summed E-state index contributed by atoms with van der Waals surface area (Å²) in [5.74, 6) is -0.220. The normalized spacial score (nSPS) is 10.9. The van der Waals surface area contributed by atoms with E-state index >= 15 is 0 Å². The molecule has 1 aromatic carbocycles. The smallest absolute Gasteiger partial charge is 0.306 e. The number of halogens is 1. The summed E-state index contributed by atoms with van der Waals surface area (Å²) in [4.78, 5) is 13.4. The van der Waals surface area contributed by atoms with Crippen molar-refractivity contribution in [3.63, 3.8) is 0 Å². The highest BCUT2D eigenvalue weighted by Crippen LogP contribution is 2.19. The largest absolute Gasteiger partial charge is 0.469 e. The molecule has 0 bridgehead atoms. The summed E-state index contributed by atoms with van der Waals surface area (Å²) in [6, 6.07) is 5.82. The zero-order valence-electron chi connectivity index (χ0n) is 12.6. The number of benzene rings is 1. The third-order valence-corrected chi connectivity index (χ3v) is 3.57. The molecule has 0 aliphatic rings. The Hall–Kier alpha value is -1.14. The Morgan fingerprint density at radius 3 is 2.67 bits per heavy atom. The average Bonchev–Trinajstić information content (AvgIpc) is 2.50. The minimum Gasteiger partial charge on any atom is -0.469 e. The molecule has 0 aliphatic heterocycles. The molecule has 1 rings (SSSR count). The maximum atomic E-state index is 11.3. The summed E-state index contributed by atoms with van der Waals surface area (Å²) in [5.41, 5.74) is 7.61.